The molecule has 0 atom stereocenters. The van der Waals surface area contributed by atoms with Gasteiger partial charge in [-0.2, -0.15) is 5.10 Å². The fourth-order valence-electron chi connectivity index (χ4n) is 1.78. The first-order valence-electron chi connectivity index (χ1n) is 6.16. The molecule has 0 aliphatic carbocycles. The summed E-state index contributed by atoms with van der Waals surface area (Å²) in [7, 11) is 0. The first-order valence-corrected chi connectivity index (χ1v) is 6.16. The maximum atomic E-state index is 10.5. The van der Waals surface area contributed by atoms with Gasteiger partial charge < -0.3 is 9.84 Å². The molecule has 0 aliphatic rings. The second-order valence-corrected chi connectivity index (χ2v) is 4.10. The van der Waals surface area contributed by atoms with Crippen molar-refractivity contribution < 1.29 is 14.6 Å². The van der Waals surface area contributed by atoms with E-state index in [2.05, 4.69) is 5.10 Å². The molecule has 0 saturated heterocycles. The molecule has 1 aromatic carbocycles. The molecule has 5 nitrogen and oxygen atoms in total. The molecule has 2 aromatic rings. The molecular formula is C14H16N2O3. The smallest absolute Gasteiger partial charge is 0.305 e. The number of benzene rings is 1. The third kappa shape index (κ3) is 3.58. The third-order valence-electron chi connectivity index (χ3n) is 2.67. The van der Waals surface area contributed by atoms with E-state index in [1.807, 2.05) is 37.4 Å². The Morgan fingerprint density at radius 2 is 2.26 bits per heavy atom. The molecule has 0 bridgehead atoms. The van der Waals surface area contributed by atoms with Crippen molar-refractivity contribution in [2.75, 3.05) is 6.61 Å². The Morgan fingerprint density at radius 1 is 1.42 bits per heavy atom. The first-order chi connectivity index (χ1) is 9.19. The summed E-state index contributed by atoms with van der Waals surface area (Å²) in [6.07, 6.45) is 3.64. The van der Waals surface area contributed by atoms with Crippen LogP contribution in [0.4, 0.5) is 0 Å². The molecule has 5 heteroatoms. The number of aromatic nitrogens is 2. The zero-order chi connectivity index (χ0) is 13.7. The zero-order valence-electron chi connectivity index (χ0n) is 10.7. The van der Waals surface area contributed by atoms with Crippen LogP contribution in [0.3, 0.4) is 0 Å². The van der Waals surface area contributed by atoms with E-state index < -0.39 is 5.97 Å². The number of hydrogen-bond acceptors (Lipinski definition) is 3. The zero-order valence-corrected chi connectivity index (χ0v) is 10.7. The van der Waals surface area contributed by atoms with Gasteiger partial charge in [0.1, 0.15) is 5.75 Å². The highest BCUT2D eigenvalue weighted by Crippen LogP contribution is 2.23. The van der Waals surface area contributed by atoms with E-state index in [1.54, 1.807) is 10.9 Å². The van der Waals surface area contributed by atoms with Crippen LogP contribution in [0.5, 0.6) is 5.75 Å². The van der Waals surface area contributed by atoms with E-state index in [4.69, 9.17) is 9.84 Å². The molecule has 0 amide bonds. The average molecular weight is 260 g/mol. The van der Waals surface area contributed by atoms with E-state index in [0.717, 1.165) is 16.9 Å². The Balaban J connectivity index is 2.13. The van der Waals surface area contributed by atoms with Crippen molar-refractivity contribution >= 4 is 5.97 Å². The van der Waals surface area contributed by atoms with Crippen LogP contribution in [0.2, 0.25) is 0 Å². The maximum Gasteiger partial charge on any atom is 0.305 e. The predicted molar refractivity (Wildman–Crippen MR) is 71.1 cm³/mol. The fraction of sp³-hybridized carbons (Fsp3) is 0.286. The van der Waals surface area contributed by atoms with Gasteiger partial charge in [-0.1, -0.05) is 12.1 Å². The van der Waals surface area contributed by atoms with Crippen LogP contribution in [0.25, 0.3) is 11.1 Å². The van der Waals surface area contributed by atoms with Gasteiger partial charge >= 0.3 is 5.97 Å². The highest BCUT2D eigenvalue weighted by atomic mass is 16.5. The van der Waals surface area contributed by atoms with Crippen LogP contribution >= 0.6 is 0 Å². The van der Waals surface area contributed by atoms with Crippen LogP contribution < -0.4 is 4.74 Å². The van der Waals surface area contributed by atoms with Gasteiger partial charge in [0.15, 0.2) is 0 Å². The fourth-order valence-corrected chi connectivity index (χ4v) is 1.78. The number of aliphatic carboxylic acids is 1. The Morgan fingerprint density at radius 3 is 3.00 bits per heavy atom. The molecule has 100 valence electrons. The molecule has 0 radical (unpaired) electrons. The van der Waals surface area contributed by atoms with Crippen molar-refractivity contribution in [2.45, 2.75) is 19.9 Å². The van der Waals surface area contributed by atoms with Crippen molar-refractivity contribution in [1.29, 1.82) is 0 Å². The summed E-state index contributed by atoms with van der Waals surface area (Å²) in [5, 5.41) is 12.8. The molecule has 19 heavy (non-hydrogen) atoms. The summed E-state index contributed by atoms with van der Waals surface area (Å²) in [6, 6.07) is 7.75. The topological polar surface area (TPSA) is 64.4 Å². The monoisotopic (exact) mass is 260 g/mol. The second kappa shape index (κ2) is 6.04. The largest absolute Gasteiger partial charge is 0.494 e. The first kappa shape index (κ1) is 13.1. The van der Waals surface area contributed by atoms with E-state index in [0.29, 0.717) is 13.2 Å². The van der Waals surface area contributed by atoms with Gasteiger partial charge in [0.05, 0.1) is 25.8 Å². The Labute approximate surface area is 111 Å². The minimum atomic E-state index is -0.824. The molecule has 2 rings (SSSR count). The third-order valence-corrected chi connectivity index (χ3v) is 2.67. The number of ether oxygens (including phenoxy) is 1. The molecule has 0 unspecified atom stereocenters. The van der Waals surface area contributed by atoms with Crippen LogP contribution in [0.1, 0.15) is 13.3 Å². The molecule has 1 heterocycles. The van der Waals surface area contributed by atoms with Gasteiger partial charge in [-0.3, -0.25) is 9.48 Å². The summed E-state index contributed by atoms with van der Waals surface area (Å²) in [6.45, 7) is 2.94. The minimum Gasteiger partial charge on any atom is -0.494 e. The van der Waals surface area contributed by atoms with Crippen LogP contribution in [0, 0.1) is 0 Å². The molecule has 0 saturated carbocycles. The van der Waals surface area contributed by atoms with E-state index in [9.17, 15) is 4.79 Å². The summed E-state index contributed by atoms with van der Waals surface area (Å²) in [4.78, 5) is 10.5. The van der Waals surface area contributed by atoms with E-state index in [1.165, 1.54) is 0 Å². The van der Waals surface area contributed by atoms with Crippen LogP contribution in [0.15, 0.2) is 36.7 Å². The average Bonchev–Trinajstić information content (AvgIpc) is 2.86. The number of carboxylic acids is 1. The maximum absolute atomic E-state index is 10.5. The number of carbonyl (C=O) groups is 1. The minimum absolute atomic E-state index is 0.0695. The summed E-state index contributed by atoms with van der Waals surface area (Å²) in [5.41, 5.74) is 1.96. The number of aryl methyl sites for hydroxylation is 1. The van der Waals surface area contributed by atoms with E-state index in [-0.39, 0.29) is 6.42 Å². The molecule has 0 fully saturated rings. The number of hydrogen-bond donors (Lipinski definition) is 1. The molecule has 1 N–H and O–H groups in total. The Hall–Kier alpha value is -2.30. The van der Waals surface area contributed by atoms with Gasteiger partial charge in [0.25, 0.3) is 0 Å². The van der Waals surface area contributed by atoms with Crippen molar-refractivity contribution in [3.05, 3.63) is 36.7 Å². The number of rotatable bonds is 6. The van der Waals surface area contributed by atoms with Gasteiger partial charge in [-0.05, 0) is 24.6 Å². The summed E-state index contributed by atoms with van der Waals surface area (Å²) < 4.78 is 7.08. The SMILES string of the molecule is CCOc1cccc(-c2cnn(CCC(=O)O)c2)c1. The van der Waals surface area contributed by atoms with Gasteiger partial charge in [-0.15, -0.1) is 0 Å². The highest BCUT2D eigenvalue weighted by molar-refractivity contribution is 5.66. The van der Waals surface area contributed by atoms with Crippen LogP contribution in [-0.2, 0) is 11.3 Å². The lowest BCUT2D eigenvalue weighted by molar-refractivity contribution is -0.137. The quantitative estimate of drug-likeness (QED) is 0.866. The lowest BCUT2D eigenvalue weighted by atomic mass is 10.1. The predicted octanol–water partition coefficient (Wildman–Crippen LogP) is 2.42. The molecule has 0 aliphatic heterocycles. The lowest BCUT2D eigenvalue weighted by Gasteiger charge is -2.04. The summed E-state index contributed by atoms with van der Waals surface area (Å²) in [5.74, 6) is -0.00585. The van der Waals surface area contributed by atoms with Crippen molar-refractivity contribution in [1.82, 2.24) is 9.78 Å². The summed E-state index contributed by atoms with van der Waals surface area (Å²) >= 11 is 0. The molecule has 0 spiro atoms. The second-order valence-electron chi connectivity index (χ2n) is 4.10. The highest BCUT2D eigenvalue weighted by Gasteiger charge is 2.04. The van der Waals surface area contributed by atoms with Gasteiger partial charge in [0.2, 0.25) is 0 Å². The van der Waals surface area contributed by atoms with Crippen LogP contribution in [-0.4, -0.2) is 27.5 Å². The Kier molecular flexibility index (Phi) is 4.18. The van der Waals surface area contributed by atoms with Crippen molar-refractivity contribution in [3.63, 3.8) is 0 Å². The standard InChI is InChI=1S/C14H16N2O3/c1-2-19-13-5-3-4-11(8-13)12-9-15-16(10-12)7-6-14(17)18/h3-5,8-10H,2,6-7H2,1H3,(H,17,18). The molecular weight excluding hydrogens is 244 g/mol. The van der Waals surface area contributed by atoms with Gasteiger partial charge in [0, 0.05) is 11.8 Å². The van der Waals surface area contributed by atoms with Crippen molar-refractivity contribution in [2.24, 2.45) is 0 Å². The number of nitrogens with zero attached hydrogens (tertiary/aromatic N) is 2. The number of carboxylic acid groups (broad SMARTS) is 1. The Bertz CT molecular complexity index is 563. The normalized spacial score (nSPS) is 10.4. The van der Waals surface area contributed by atoms with Crippen molar-refractivity contribution in [3.8, 4) is 16.9 Å². The van der Waals surface area contributed by atoms with Gasteiger partial charge in [-0.25, -0.2) is 0 Å². The van der Waals surface area contributed by atoms with E-state index >= 15 is 0 Å². The lowest BCUT2D eigenvalue weighted by Crippen LogP contribution is -2.04. The molecule has 1 aromatic heterocycles.